The molecule has 222 valence electrons. The molecular weight excluding hydrogens is 583 g/mol. The van der Waals surface area contributed by atoms with Crippen LogP contribution >= 0.6 is 0 Å². The summed E-state index contributed by atoms with van der Waals surface area (Å²) >= 11 is 0. The number of fused-ring (bicyclic) bond motifs is 2. The standard InChI is InChI=1S/C29H19F9O4/c1-2-9-26-14-39-28(41-26,40-15-26)19-7-5-16(6-8-19)3-4-17-10-20(30)24(21(31)11-17)18-12-22(32)25(23(33)13-18)27(34,35)42-29(36,37)38/h2-13H,14-15H2,1H3/b4-3+,9-2+. The summed E-state index contributed by atoms with van der Waals surface area (Å²) in [7, 11) is 0. The van der Waals surface area contributed by atoms with E-state index in [9.17, 15) is 39.5 Å². The summed E-state index contributed by atoms with van der Waals surface area (Å²) in [6.07, 6.45) is -4.81. The molecule has 0 saturated carbocycles. The number of halogens is 9. The molecule has 2 bridgehead atoms. The van der Waals surface area contributed by atoms with Gasteiger partial charge in [0, 0.05) is 5.56 Å². The molecule has 42 heavy (non-hydrogen) atoms. The Bertz CT molecular complexity index is 1510. The van der Waals surface area contributed by atoms with E-state index in [4.69, 9.17) is 14.2 Å². The number of hydrogen-bond acceptors (Lipinski definition) is 4. The van der Waals surface area contributed by atoms with Crippen molar-refractivity contribution in [2.75, 3.05) is 13.2 Å². The molecule has 2 saturated heterocycles. The number of allylic oxidation sites excluding steroid dienone is 1. The Morgan fingerprint density at radius 3 is 1.83 bits per heavy atom. The van der Waals surface area contributed by atoms with Crippen LogP contribution in [0, 0.1) is 23.3 Å². The molecule has 0 radical (unpaired) electrons. The topological polar surface area (TPSA) is 36.9 Å². The first-order chi connectivity index (χ1) is 19.7. The molecule has 3 aromatic rings. The third kappa shape index (κ3) is 5.69. The minimum Gasteiger partial charge on any atom is -0.320 e. The van der Waals surface area contributed by atoms with Gasteiger partial charge in [0.05, 0.1) is 18.8 Å². The van der Waals surface area contributed by atoms with Crippen molar-refractivity contribution in [3.8, 4) is 11.1 Å². The minimum absolute atomic E-state index is 0.00295. The van der Waals surface area contributed by atoms with Gasteiger partial charge >= 0.3 is 18.4 Å². The van der Waals surface area contributed by atoms with Gasteiger partial charge in [0.1, 0.15) is 34.4 Å². The molecule has 5 rings (SSSR count). The van der Waals surface area contributed by atoms with Gasteiger partial charge in [-0.25, -0.2) is 22.3 Å². The Kier molecular flexibility index (Phi) is 7.50. The summed E-state index contributed by atoms with van der Waals surface area (Å²) in [5.74, 6) is -8.37. The van der Waals surface area contributed by atoms with E-state index in [0.717, 1.165) is 12.1 Å². The molecule has 3 aromatic carbocycles. The van der Waals surface area contributed by atoms with E-state index in [0.29, 0.717) is 24.3 Å². The van der Waals surface area contributed by atoms with E-state index in [1.165, 1.54) is 12.2 Å². The van der Waals surface area contributed by atoms with Crippen LogP contribution < -0.4 is 0 Å². The SMILES string of the molecule is C/C=C/C12COC(c3ccc(/C=C/c4cc(F)c(-c5cc(F)c(C(F)(F)OC(F)(F)F)c(F)c5)c(F)c4)cc3)(OC1)O2. The molecule has 2 fully saturated rings. The molecule has 13 heteroatoms. The van der Waals surface area contributed by atoms with Crippen LogP contribution in [-0.2, 0) is 31.0 Å². The molecule has 0 unspecified atom stereocenters. The summed E-state index contributed by atoms with van der Waals surface area (Å²) < 4.78 is 142. The van der Waals surface area contributed by atoms with Crippen molar-refractivity contribution in [1.82, 2.24) is 0 Å². The van der Waals surface area contributed by atoms with Crippen LogP contribution in [0.1, 0.15) is 29.2 Å². The van der Waals surface area contributed by atoms with Gasteiger partial charge in [-0.3, -0.25) is 0 Å². The van der Waals surface area contributed by atoms with Gasteiger partial charge < -0.3 is 14.2 Å². The molecule has 0 N–H and O–H groups in total. The van der Waals surface area contributed by atoms with Crippen LogP contribution in [0.15, 0.2) is 60.7 Å². The van der Waals surface area contributed by atoms with Gasteiger partial charge in [-0.05, 0) is 47.9 Å². The lowest BCUT2D eigenvalue weighted by molar-refractivity contribution is -0.432. The van der Waals surface area contributed by atoms with Gasteiger partial charge in [0.15, 0.2) is 0 Å². The number of benzene rings is 3. The zero-order valence-electron chi connectivity index (χ0n) is 21.4. The fraction of sp³-hybridized carbons (Fsp3) is 0.241. The number of alkyl halides is 5. The predicted molar refractivity (Wildman–Crippen MR) is 130 cm³/mol. The maximum Gasteiger partial charge on any atom is 0.527 e. The first-order valence-corrected chi connectivity index (χ1v) is 12.2. The van der Waals surface area contributed by atoms with Crippen molar-refractivity contribution in [1.29, 1.82) is 0 Å². The molecule has 4 nitrogen and oxygen atoms in total. The molecule has 0 aliphatic carbocycles. The summed E-state index contributed by atoms with van der Waals surface area (Å²) in [5, 5.41) is 0. The predicted octanol–water partition coefficient (Wildman–Crippen LogP) is 8.17. The highest BCUT2D eigenvalue weighted by molar-refractivity contribution is 5.73. The minimum atomic E-state index is -5.92. The summed E-state index contributed by atoms with van der Waals surface area (Å²) in [6.45, 7) is 2.48. The lowest BCUT2D eigenvalue weighted by atomic mass is 9.99. The van der Waals surface area contributed by atoms with Crippen molar-refractivity contribution >= 4 is 12.2 Å². The maximum absolute atomic E-state index is 14.9. The van der Waals surface area contributed by atoms with Gasteiger partial charge in [0.2, 0.25) is 0 Å². The Morgan fingerprint density at radius 2 is 1.31 bits per heavy atom. The molecule has 2 aliphatic rings. The van der Waals surface area contributed by atoms with Crippen LogP contribution in [-0.4, -0.2) is 25.2 Å². The number of ether oxygens (including phenoxy) is 4. The van der Waals surface area contributed by atoms with E-state index in [2.05, 4.69) is 4.74 Å². The monoisotopic (exact) mass is 602 g/mol. The second-order valence-electron chi connectivity index (χ2n) is 9.49. The largest absolute Gasteiger partial charge is 0.527 e. The fourth-order valence-corrected chi connectivity index (χ4v) is 4.71. The molecular formula is C29H19F9O4. The van der Waals surface area contributed by atoms with Crippen molar-refractivity contribution < 1.29 is 58.5 Å². The number of rotatable bonds is 7. The van der Waals surface area contributed by atoms with Crippen LogP contribution in [0.5, 0.6) is 0 Å². The molecule has 2 heterocycles. The second kappa shape index (κ2) is 10.6. The smallest absolute Gasteiger partial charge is 0.320 e. The molecule has 0 aromatic heterocycles. The van der Waals surface area contributed by atoms with E-state index in [1.807, 2.05) is 19.1 Å². The first-order valence-electron chi connectivity index (χ1n) is 12.2. The third-order valence-corrected chi connectivity index (χ3v) is 6.48. The van der Waals surface area contributed by atoms with Gasteiger partial charge in [-0.2, -0.15) is 8.78 Å². The van der Waals surface area contributed by atoms with Crippen molar-refractivity contribution in [2.45, 2.75) is 31.0 Å². The Morgan fingerprint density at radius 1 is 0.762 bits per heavy atom. The summed E-state index contributed by atoms with van der Waals surface area (Å²) in [4.78, 5) is 0. The maximum atomic E-state index is 14.9. The number of hydrogen-bond donors (Lipinski definition) is 0. The van der Waals surface area contributed by atoms with E-state index in [-0.39, 0.29) is 17.7 Å². The van der Waals surface area contributed by atoms with Gasteiger partial charge in [-0.1, -0.05) is 48.6 Å². The zero-order valence-corrected chi connectivity index (χ0v) is 21.4. The molecule has 2 aliphatic heterocycles. The van der Waals surface area contributed by atoms with E-state index >= 15 is 0 Å². The van der Waals surface area contributed by atoms with Gasteiger partial charge in [0.25, 0.3) is 0 Å². The van der Waals surface area contributed by atoms with Crippen LogP contribution in [0.25, 0.3) is 23.3 Å². The third-order valence-electron chi connectivity index (χ3n) is 6.48. The quantitative estimate of drug-likeness (QED) is 0.155. The lowest BCUT2D eigenvalue weighted by Crippen LogP contribution is -2.33. The lowest BCUT2D eigenvalue weighted by Gasteiger charge is -2.24. The van der Waals surface area contributed by atoms with Crippen LogP contribution in [0.2, 0.25) is 0 Å². The zero-order chi connectivity index (χ0) is 30.5. The second-order valence-corrected chi connectivity index (χ2v) is 9.49. The van der Waals surface area contributed by atoms with Crippen molar-refractivity contribution in [3.63, 3.8) is 0 Å². The average Bonchev–Trinajstić information content (AvgIpc) is 3.43. The Hall–Kier alpha value is -3.65. The first kappa shape index (κ1) is 29.8. The van der Waals surface area contributed by atoms with Crippen molar-refractivity contribution in [2.24, 2.45) is 0 Å². The summed E-state index contributed by atoms with van der Waals surface area (Å²) in [5.41, 5.74) is -3.67. The summed E-state index contributed by atoms with van der Waals surface area (Å²) in [6, 6.07) is 8.54. The molecule has 0 amide bonds. The van der Waals surface area contributed by atoms with Crippen molar-refractivity contribution in [3.05, 3.63) is 106 Å². The highest BCUT2D eigenvalue weighted by atomic mass is 19.4. The van der Waals surface area contributed by atoms with E-state index < -0.39 is 64.0 Å². The highest BCUT2D eigenvalue weighted by Gasteiger charge is 2.58. The Balaban J connectivity index is 1.35. The fourth-order valence-electron chi connectivity index (χ4n) is 4.71. The van der Waals surface area contributed by atoms with Crippen LogP contribution in [0.3, 0.4) is 0 Å². The molecule has 0 atom stereocenters. The average molecular weight is 602 g/mol. The Labute approximate surface area is 232 Å². The van der Waals surface area contributed by atoms with Gasteiger partial charge in [-0.15, -0.1) is 13.2 Å². The normalized spacial score (nSPS) is 22.6. The van der Waals surface area contributed by atoms with E-state index in [1.54, 1.807) is 24.3 Å². The highest BCUT2D eigenvalue weighted by Crippen LogP contribution is 2.47. The molecule has 0 spiro atoms. The van der Waals surface area contributed by atoms with Crippen LogP contribution in [0.4, 0.5) is 39.5 Å².